The predicted molar refractivity (Wildman–Crippen MR) is 96.2 cm³/mol. The fraction of sp³-hybridized carbons (Fsp3) is 0.100. The molecule has 3 aromatic carbocycles. The van der Waals surface area contributed by atoms with Crippen LogP contribution < -0.4 is 11.1 Å². The molecule has 1 unspecified atom stereocenters. The molecule has 5 heteroatoms. The van der Waals surface area contributed by atoms with Crippen LogP contribution in [0.1, 0.15) is 32.3 Å². The number of fused-ring (bicyclic) bond motifs is 1. The molecule has 25 heavy (non-hydrogen) atoms. The van der Waals surface area contributed by atoms with Crippen molar-refractivity contribution in [2.45, 2.75) is 6.04 Å². The van der Waals surface area contributed by atoms with E-state index < -0.39 is 11.9 Å². The number of amides is 2. The molecule has 0 saturated heterocycles. The number of carbonyl (C=O) groups excluding carboxylic acids is 2. The summed E-state index contributed by atoms with van der Waals surface area (Å²) in [7, 11) is 0. The van der Waals surface area contributed by atoms with Crippen molar-refractivity contribution in [2.24, 2.45) is 5.73 Å². The van der Waals surface area contributed by atoms with Crippen LogP contribution in [-0.2, 0) is 0 Å². The molecule has 3 rings (SSSR count). The van der Waals surface area contributed by atoms with Gasteiger partial charge >= 0.3 is 0 Å². The van der Waals surface area contributed by atoms with Crippen LogP contribution in [0.4, 0.5) is 0 Å². The van der Waals surface area contributed by atoms with Crippen LogP contribution >= 0.6 is 0 Å². The molecule has 0 spiro atoms. The zero-order valence-corrected chi connectivity index (χ0v) is 13.5. The van der Waals surface area contributed by atoms with E-state index in [2.05, 4.69) is 5.32 Å². The van der Waals surface area contributed by atoms with Crippen molar-refractivity contribution in [3.8, 4) is 0 Å². The molecule has 4 N–H and O–H groups in total. The number of hydrogen-bond donors (Lipinski definition) is 3. The first kappa shape index (κ1) is 16.7. The molecule has 126 valence electrons. The van der Waals surface area contributed by atoms with Gasteiger partial charge in [-0.25, -0.2) is 0 Å². The maximum Gasteiger partial charge on any atom is 0.251 e. The monoisotopic (exact) mass is 334 g/mol. The molecule has 5 nitrogen and oxygen atoms in total. The van der Waals surface area contributed by atoms with Gasteiger partial charge in [-0.2, -0.15) is 0 Å². The van der Waals surface area contributed by atoms with Gasteiger partial charge in [-0.1, -0.05) is 42.5 Å². The van der Waals surface area contributed by atoms with Crippen LogP contribution in [0, 0.1) is 0 Å². The number of rotatable bonds is 5. The molecule has 3 aromatic rings. The molecule has 0 aliphatic carbocycles. The van der Waals surface area contributed by atoms with Gasteiger partial charge in [0.2, 0.25) is 5.91 Å². The fourth-order valence-electron chi connectivity index (χ4n) is 2.70. The Kier molecular flexibility index (Phi) is 4.77. The number of nitrogens with two attached hydrogens (primary N) is 1. The van der Waals surface area contributed by atoms with Crippen molar-refractivity contribution in [1.29, 1.82) is 0 Å². The van der Waals surface area contributed by atoms with Gasteiger partial charge in [0.05, 0.1) is 12.6 Å². The molecular weight excluding hydrogens is 316 g/mol. The lowest BCUT2D eigenvalue weighted by atomic mass is 10.0. The van der Waals surface area contributed by atoms with E-state index in [0.29, 0.717) is 11.1 Å². The highest BCUT2D eigenvalue weighted by atomic mass is 16.3. The summed E-state index contributed by atoms with van der Waals surface area (Å²) in [4.78, 5) is 23.8. The van der Waals surface area contributed by atoms with Crippen molar-refractivity contribution in [2.75, 3.05) is 6.61 Å². The third-order valence-electron chi connectivity index (χ3n) is 4.08. The van der Waals surface area contributed by atoms with Gasteiger partial charge in [-0.05, 0) is 40.6 Å². The summed E-state index contributed by atoms with van der Waals surface area (Å²) in [6.45, 7) is -0.189. The number of aliphatic hydroxyl groups excluding tert-OH is 1. The average Bonchev–Trinajstić information content (AvgIpc) is 2.65. The number of aliphatic hydroxyl groups is 1. The molecule has 0 aliphatic heterocycles. The van der Waals surface area contributed by atoms with Gasteiger partial charge < -0.3 is 16.2 Å². The minimum Gasteiger partial charge on any atom is -0.394 e. The van der Waals surface area contributed by atoms with Crippen LogP contribution in [0.15, 0.2) is 66.7 Å². The average molecular weight is 334 g/mol. The first-order valence-electron chi connectivity index (χ1n) is 7.89. The Bertz CT molecular complexity index is 923. The Morgan fingerprint density at radius 3 is 2.12 bits per heavy atom. The summed E-state index contributed by atoms with van der Waals surface area (Å²) in [5.41, 5.74) is 7.03. The Hall–Kier alpha value is -3.18. The van der Waals surface area contributed by atoms with Crippen molar-refractivity contribution in [3.05, 3.63) is 83.4 Å². The third kappa shape index (κ3) is 3.67. The van der Waals surface area contributed by atoms with E-state index >= 15 is 0 Å². The molecule has 0 aliphatic rings. The Balaban J connectivity index is 1.84. The first-order valence-corrected chi connectivity index (χ1v) is 7.89. The summed E-state index contributed by atoms with van der Waals surface area (Å²) < 4.78 is 0. The second-order valence-electron chi connectivity index (χ2n) is 5.76. The number of hydrogen-bond acceptors (Lipinski definition) is 3. The van der Waals surface area contributed by atoms with Gasteiger partial charge in [-0.15, -0.1) is 0 Å². The molecule has 0 fully saturated rings. The van der Waals surface area contributed by atoms with Crippen molar-refractivity contribution in [3.63, 3.8) is 0 Å². The smallest absolute Gasteiger partial charge is 0.251 e. The van der Waals surface area contributed by atoms with Gasteiger partial charge in [0.25, 0.3) is 5.91 Å². The van der Waals surface area contributed by atoms with E-state index in [4.69, 9.17) is 5.73 Å². The quantitative estimate of drug-likeness (QED) is 0.669. The zero-order valence-electron chi connectivity index (χ0n) is 13.5. The van der Waals surface area contributed by atoms with Crippen molar-refractivity contribution in [1.82, 2.24) is 5.32 Å². The van der Waals surface area contributed by atoms with E-state index in [9.17, 15) is 14.7 Å². The van der Waals surface area contributed by atoms with Crippen molar-refractivity contribution < 1.29 is 14.7 Å². The van der Waals surface area contributed by atoms with E-state index in [1.54, 1.807) is 36.4 Å². The Morgan fingerprint density at radius 2 is 1.52 bits per heavy atom. The van der Waals surface area contributed by atoms with E-state index in [1.165, 1.54) is 0 Å². The highest BCUT2D eigenvalue weighted by Crippen LogP contribution is 2.19. The van der Waals surface area contributed by atoms with Crippen LogP contribution in [0.5, 0.6) is 0 Å². The lowest BCUT2D eigenvalue weighted by Gasteiger charge is -2.17. The fourth-order valence-corrected chi connectivity index (χ4v) is 2.70. The number of benzene rings is 3. The SMILES string of the molecule is NC(=O)c1ccc2cc(C(=O)NC(CO)c3ccccc3)ccc2c1. The van der Waals surface area contributed by atoms with Crippen LogP contribution in [0.3, 0.4) is 0 Å². The van der Waals surface area contributed by atoms with Crippen LogP contribution in [0.2, 0.25) is 0 Å². The summed E-state index contributed by atoms with van der Waals surface area (Å²) in [5.74, 6) is -0.763. The van der Waals surface area contributed by atoms with Crippen LogP contribution in [-0.4, -0.2) is 23.5 Å². The lowest BCUT2D eigenvalue weighted by Crippen LogP contribution is -2.30. The minimum atomic E-state index is -0.489. The highest BCUT2D eigenvalue weighted by Gasteiger charge is 2.15. The van der Waals surface area contributed by atoms with Crippen LogP contribution in [0.25, 0.3) is 10.8 Å². The third-order valence-corrected chi connectivity index (χ3v) is 4.08. The van der Waals surface area contributed by atoms with E-state index in [-0.39, 0.29) is 12.5 Å². The van der Waals surface area contributed by atoms with Gasteiger partial charge in [-0.3, -0.25) is 9.59 Å². The second kappa shape index (κ2) is 7.15. The summed E-state index contributed by atoms with van der Waals surface area (Å²) in [5, 5.41) is 14.1. The minimum absolute atomic E-state index is 0.189. The van der Waals surface area contributed by atoms with Gasteiger partial charge in [0, 0.05) is 11.1 Å². The predicted octanol–water partition coefficient (Wildman–Crippen LogP) is 2.40. The topological polar surface area (TPSA) is 92.4 Å². The molecule has 0 bridgehead atoms. The lowest BCUT2D eigenvalue weighted by molar-refractivity contribution is 0.0915. The van der Waals surface area contributed by atoms with Crippen molar-refractivity contribution >= 4 is 22.6 Å². The standard InChI is InChI=1S/C20H18N2O3/c21-19(24)16-8-6-15-11-17(9-7-14(15)10-16)20(25)22-18(12-23)13-4-2-1-3-5-13/h1-11,18,23H,12H2,(H2,21,24)(H,22,25). The molecule has 0 saturated carbocycles. The second-order valence-corrected chi connectivity index (χ2v) is 5.76. The number of primary amides is 1. The van der Waals surface area contributed by atoms with E-state index in [0.717, 1.165) is 16.3 Å². The molecule has 0 aromatic heterocycles. The summed E-state index contributed by atoms with van der Waals surface area (Å²) in [6, 6.07) is 19.1. The molecule has 2 amide bonds. The number of nitrogens with one attached hydrogen (secondary N) is 1. The first-order chi connectivity index (χ1) is 12.1. The summed E-state index contributed by atoms with van der Waals surface area (Å²) >= 11 is 0. The largest absolute Gasteiger partial charge is 0.394 e. The van der Waals surface area contributed by atoms with Gasteiger partial charge in [0.1, 0.15) is 0 Å². The van der Waals surface area contributed by atoms with Gasteiger partial charge in [0.15, 0.2) is 0 Å². The maximum atomic E-state index is 12.5. The highest BCUT2D eigenvalue weighted by molar-refractivity contribution is 6.01. The number of carbonyl (C=O) groups is 2. The maximum absolute atomic E-state index is 12.5. The molecule has 1 atom stereocenters. The summed E-state index contributed by atoms with van der Waals surface area (Å²) in [6.07, 6.45) is 0. The van der Waals surface area contributed by atoms with E-state index in [1.807, 2.05) is 30.3 Å². The molecule has 0 radical (unpaired) electrons. The Labute approximate surface area is 145 Å². The molecule has 0 heterocycles. The normalized spacial score (nSPS) is 11.9. The molecular formula is C20H18N2O3. The Morgan fingerprint density at radius 1 is 0.920 bits per heavy atom. The zero-order chi connectivity index (χ0) is 17.8.